The summed E-state index contributed by atoms with van der Waals surface area (Å²) in [4.78, 5) is 16.7. The van der Waals surface area contributed by atoms with Gasteiger partial charge in [-0.2, -0.15) is 0 Å². The van der Waals surface area contributed by atoms with Crippen molar-refractivity contribution in [2.45, 2.75) is 38.5 Å². The van der Waals surface area contributed by atoms with Gasteiger partial charge in [-0.1, -0.05) is 0 Å². The Balaban J connectivity index is 1.26. The van der Waals surface area contributed by atoms with Gasteiger partial charge in [-0.15, -0.1) is 21.5 Å². The van der Waals surface area contributed by atoms with E-state index in [2.05, 4.69) is 15.1 Å². The van der Waals surface area contributed by atoms with Crippen molar-refractivity contribution in [3.05, 3.63) is 40.1 Å². The molecule has 2 fully saturated rings. The molecule has 1 aromatic heterocycles. The molecule has 0 aliphatic carbocycles. The number of aryl methyl sites for hydroxylation is 1. The molecule has 3 heterocycles. The number of carbonyl (C=O) groups is 1. The lowest BCUT2D eigenvalue weighted by Crippen LogP contribution is -2.55. The van der Waals surface area contributed by atoms with Gasteiger partial charge in [-0.3, -0.25) is 9.69 Å². The Kier molecular flexibility index (Phi) is 6.37. The third kappa shape index (κ3) is 5.29. The fourth-order valence-electron chi connectivity index (χ4n) is 3.80. The number of halogens is 1. The number of benzene rings is 1. The van der Waals surface area contributed by atoms with Crippen LogP contribution in [0.3, 0.4) is 0 Å². The molecule has 1 aromatic carbocycles. The number of amides is 1. The van der Waals surface area contributed by atoms with E-state index < -0.39 is 0 Å². The van der Waals surface area contributed by atoms with E-state index in [9.17, 15) is 9.18 Å². The Morgan fingerprint density at radius 1 is 1.24 bits per heavy atom. The molecule has 29 heavy (non-hydrogen) atoms. The van der Waals surface area contributed by atoms with E-state index >= 15 is 0 Å². The van der Waals surface area contributed by atoms with E-state index in [1.54, 1.807) is 23.5 Å². The zero-order valence-electron chi connectivity index (χ0n) is 16.4. The first-order valence-electron chi connectivity index (χ1n) is 9.87. The molecule has 156 valence electrons. The minimum absolute atomic E-state index is 0.0428. The van der Waals surface area contributed by atoms with Crippen LogP contribution in [0, 0.1) is 12.7 Å². The monoisotopic (exact) mass is 420 g/mol. The molecule has 9 heteroatoms. The maximum absolute atomic E-state index is 13.0. The van der Waals surface area contributed by atoms with Gasteiger partial charge in [-0.05, 0) is 44.0 Å². The summed E-state index contributed by atoms with van der Waals surface area (Å²) in [5.74, 6) is 0.343. The first kappa shape index (κ1) is 20.2. The largest absolute Gasteiger partial charge is 0.491 e. The number of aromatic nitrogens is 2. The molecule has 0 radical (unpaired) electrons. The van der Waals surface area contributed by atoms with Crippen LogP contribution in [0.5, 0.6) is 5.75 Å². The highest BCUT2D eigenvalue weighted by Crippen LogP contribution is 2.22. The molecule has 0 bridgehead atoms. The smallest absolute Gasteiger partial charge is 0.248 e. The molecule has 2 aliphatic heterocycles. The molecule has 2 saturated heterocycles. The highest BCUT2D eigenvalue weighted by Gasteiger charge is 2.34. The van der Waals surface area contributed by atoms with Crippen LogP contribution in [0.15, 0.2) is 24.3 Å². The number of carbonyl (C=O) groups excluding carboxylic acids is 1. The molecule has 1 amide bonds. The Labute approximate surface area is 173 Å². The van der Waals surface area contributed by atoms with Gasteiger partial charge in [0.1, 0.15) is 40.9 Å². The summed E-state index contributed by atoms with van der Waals surface area (Å²) in [6, 6.07) is 6.15. The van der Waals surface area contributed by atoms with E-state index in [0.717, 1.165) is 42.5 Å². The van der Waals surface area contributed by atoms with E-state index in [1.165, 1.54) is 12.1 Å². The molecular weight excluding hydrogens is 395 g/mol. The summed E-state index contributed by atoms with van der Waals surface area (Å²) in [5, 5.41) is 10.3. The van der Waals surface area contributed by atoms with Crippen LogP contribution in [0.4, 0.5) is 4.39 Å². The van der Waals surface area contributed by atoms with Crippen LogP contribution in [0.25, 0.3) is 0 Å². The van der Waals surface area contributed by atoms with Gasteiger partial charge in [0.25, 0.3) is 0 Å². The molecule has 7 nitrogen and oxygen atoms in total. The van der Waals surface area contributed by atoms with Crippen molar-refractivity contribution in [3.63, 3.8) is 0 Å². The van der Waals surface area contributed by atoms with Crippen molar-refractivity contribution >= 4 is 17.2 Å². The van der Waals surface area contributed by atoms with E-state index in [-0.39, 0.29) is 30.5 Å². The second-order valence-electron chi connectivity index (χ2n) is 7.47. The average molecular weight is 421 g/mol. The maximum Gasteiger partial charge on any atom is 0.248 e. The summed E-state index contributed by atoms with van der Waals surface area (Å²) in [7, 11) is 0. The SMILES string of the molecule is Cc1nnc(CN2CCC(N3C[C@@H](COc4ccc(F)cc4)OCC3=O)CC2)s1. The van der Waals surface area contributed by atoms with Crippen molar-refractivity contribution in [2.75, 3.05) is 32.8 Å². The number of hydrogen-bond donors (Lipinski definition) is 0. The van der Waals surface area contributed by atoms with Crippen LogP contribution in [-0.4, -0.2) is 70.9 Å². The molecule has 2 aliphatic rings. The highest BCUT2D eigenvalue weighted by molar-refractivity contribution is 7.11. The molecule has 0 saturated carbocycles. The number of nitrogens with zero attached hydrogens (tertiary/aromatic N) is 4. The predicted octanol–water partition coefficient (Wildman–Crippen LogP) is 2.26. The Hall–Kier alpha value is -2.10. The van der Waals surface area contributed by atoms with Gasteiger partial charge in [0.2, 0.25) is 5.91 Å². The maximum atomic E-state index is 13.0. The van der Waals surface area contributed by atoms with Gasteiger partial charge < -0.3 is 14.4 Å². The average Bonchev–Trinajstić information content (AvgIpc) is 3.14. The zero-order chi connectivity index (χ0) is 20.2. The second kappa shape index (κ2) is 9.15. The van der Waals surface area contributed by atoms with E-state index in [4.69, 9.17) is 9.47 Å². The number of ether oxygens (including phenoxy) is 2. The molecular formula is C20H25FN4O3S. The van der Waals surface area contributed by atoms with E-state index in [0.29, 0.717) is 18.9 Å². The van der Waals surface area contributed by atoms with Gasteiger partial charge in [-0.25, -0.2) is 4.39 Å². The summed E-state index contributed by atoms with van der Waals surface area (Å²) in [5.41, 5.74) is 0. The summed E-state index contributed by atoms with van der Waals surface area (Å²) < 4.78 is 24.4. The first-order chi connectivity index (χ1) is 14.1. The normalized spacial score (nSPS) is 21.5. The number of morpholine rings is 1. The third-order valence-electron chi connectivity index (χ3n) is 5.34. The first-order valence-corrected chi connectivity index (χ1v) is 10.7. The third-order valence-corrected chi connectivity index (χ3v) is 6.16. The van der Waals surface area contributed by atoms with Gasteiger partial charge in [0, 0.05) is 19.1 Å². The number of hydrogen-bond acceptors (Lipinski definition) is 7. The van der Waals surface area contributed by atoms with Crippen LogP contribution in [0.1, 0.15) is 22.9 Å². The lowest BCUT2D eigenvalue weighted by molar-refractivity contribution is -0.155. The standard InChI is InChI=1S/C20H25FN4O3S/c1-14-22-23-19(29-14)11-24-8-6-16(7-9-24)25-10-18(28-13-20(25)26)12-27-17-4-2-15(21)3-5-17/h2-5,16,18H,6-13H2,1H3/t18-/m0/s1. The number of likely N-dealkylation sites (tertiary alicyclic amines) is 1. The highest BCUT2D eigenvalue weighted by atomic mass is 32.1. The van der Waals surface area contributed by atoms with Gasteiger partial charge >= 0.3 is 0 Å². The zero-order valence-corrected chi connectivity index (χ0v) is 17.2. The molecule has 0 N–H and O–H groups in total. The minimum atomic E-state index is -0.296. The van der Waals surface area contributed by atoms with Gasteiger partial charge in [0.15, 0.2) is 0 Å². The Bertz CT molecular complexity index is 823. The summed E-state index contributed by atoms with van der Waals surface area (Å²) in [6.07, 6.45) is 1.70. The van der Waals surface area contributed by atoms with Crippen molar-refractivity contribution in [2.24, 2.45) is 0 Å². The quantitative estimate of drug-likeness (QED) is 0.714. The molecule has 0 unspecified atom stereocenters. The lowest BCUT2D eigenvalue weighted by Gasteiger charge is -2.42. The lowest BCUT2D eigenvalue weighted by atomic mass is 10.0. The second-order valence-corrected chi connectivity index (χ2v) is 8.73. The summed E-state index contributed by atoms with van der Waals surface area (Å²) in [6.45, 7) is 5.61. The Morgan fingerprint density at radius 3 is 2.69 bits per heavy atom. The van der Waals surface area contributed by atoms with Crippen LogP contribution in [-0.2, 0) is 16.1 Å². The number of rotatable bonds is 6. The van der Waals surface area contributed by atoms with Crippen molar-refractivity contribution < 1.29 is 18.7 Å². The molecule has 2 aromatic rings. The van der Waals surface area contributed by atoms with E-state index in [1.807, 2.05) is 11.8 Å². The Morgan fingerprint density at radius 2 is 2.00 bits per heavy atom. The predicted molar refractivity (Wildman–Crippen MR) is 106 cm³/mol. The summed E-state index contributed by atoms with van der Waals surface area (Å²) >= 11 is 1.64. The number of piperidine rings is 1. The molecule has 0 spiro atoms. The van der Waals surface area contributed by atoms with Crippen molar-refractivity contribution in [1.82, 2.24) is 20.0 Å². The molecule has 4 rings (SSSR count). The van der Waals surface area contributed by atoms with Crippen LogP contribution < -0.4 is 4.74 Å². The van der Waals surface area contributed by atoms with Crippen molar-refractivity contribution in [1.29, 1.82) is 0 Å². The van der Waals surface area contributed by atoms with Crippen LogP contribution >= 0.6 is 11.3 Å². The van der Waals surface area contributed by atoms with Gasteiger partial charge in [0.05, 0.1) is 13.1 Å². The van der Waals surface area contributed by atoms with Crippen molar-refractivity contribution in [3.8, 4) is 5.75 Å². The topological polar surface area (TPSA) is 67.8 Å². The minimum Gasteiger partial charge on any atom is -0.491 e. The van der Waals surface area contributed by atoms with Crippen LogP contribution in [0.2, 0.25) is 0 Å². The molecule has 1 atom stereocenters. The fraction of sp³-hybridized carbons (Fsp3) is 0.550. The fourth-order valence-corrected chi connectivity index (χ4v) is 4.55.